The van der Waals surface area contributed by atoms with Gasteiger partial charge in [0.25, 0.3) is 0 Å². The normalized spacial score (nSPS) is 10.3. The molecule has 1 N–H and O–H groups in total. The number of hydrogen-bond acceptors (Lipinski definition) is 5. The van der Waals surface area contributed by atoms with Crippen LogP contribution in [0, 0.1) is 0 Å². The van der Waals surface area contributed by atoms with Crippen molar-refractivity contribution in [3.63, 3.8) is 0 Å². The number of ether oxygens (including phenoxy) is 1. The minimum atomic E-state index is -1.01. The molecule has 0 atom stereocenters. The molecule has 0 aliphatic carbocycles. The molecule has 7 heteroatoms. The molecule has 0 radical (unpaired) electrons. The lowest BCUT2D eigenvalue weighted by molar-refractivity contribution is -0.143. The number of carbonyl (C=O) groups excluding carboxylic acids is 1. The zero-order valence-corrected chi connectivity index (χ0v) is 11.6. The molecule has 0 aromatic carbocycles. The zero-order chi connectivity index (χ0) is 13.4. The Kier molecular flexibility index (Phi) is 6.77. The number of thioether (sulfide) groups is 1. The summed E-state index contributed by atoms with van der Waals surface area (Å²) in [6.07, 6.45) is 0. The third-order valence-electron chi connectivity index (χ3n) is 2.08. The number of amides is 1. The van der Waals surface area contributed by atoms with Crippen molar-refractivity contribution in [2.24, 2.45) is 0 Å². The van der Waals surface area contributed by atoms with Crippen molar-refractivity contribution >= 4 is 35.0 Å². The summed E-state index contributed by atoms with van der Waals surface area (Å²) in [5.74, 6) is -0.953. The fraction of sp³-hybridized carbons (Fsp3) is 0.455. The Morgan fingerprint density at radius 2 is 2.33 bits per heavy atom. The SMILES string of the molecule is COCCN(CC(=O)O)C(=O)CSc1cccs1. The molecule has 18 heavy (non-hydrogen) atoms. The van der Waals surface area contributed by atoms with Crippen molar-refractivity contribution in [2.75, 3.05) is 32.6 Å². The van der Waals surface area contributed by atoms with E-state index in [2.05, 4.69) is 0 Å². The highest BCUT2D eigenvalue weighted by Gasteiger charge is 2.16. The number of thiophene rings is 1. The number of carbonyl (C=O) groups is 2. The van der Waals surface area contributed by atoms with Crippen LogP contribution in [0.3, 0.4) is 0 Å². The lowest BCUT2D eigenvalue weighted by Crippen LogP contribution is -2.39. The van der Waals surface area contributed by atoms with E-state index >= 15 is 0 Å². The maximum Gasteiger partial charge on any atom is 0.323 e. The van der Waals surface area contributed by atoms with Crippen LogP contribution in [0.2, 0.25) is 0 Å². The topological polar surface area (TPSA) is 66.8 Å². The van der Waals surface area contributed by atoms with E-state index < -0.39 is 5.97 Å². The standard InChI is InChI=1S/C11H15NO4S2/c1-16-5-4-12(7-10(14)15)9(13)8-18-11-3-2-6-17-11/h2-3,6H,4-5,7-8H2,1H3,(H,14,15). The lowest BCUT2D eigenvalue weighted by atomic mass is 10.4. The minimum absolute atomic E-state index is 0.187. The second-order valence-electron chi connectivity index (χ2n) is 3.42. The van der Waals surface area contributed by atoms with Gasteiger partial charge in [0.15, 0.2) is 0 Å². The van der Waals surface area contributed by atoms with Gasteiger partial charge in [-0.1, -0.05) is 6.07 Å². The molecule has 100 valence electrons. The Bertz CT molecular complexity index is 380. The molecular weight excluding hydrogens is 274 g/mol. The molecule has 0 aliphatic heterocycles. The first-order chi connectivity index (χ1) is 8.63. The van der Waals surface area contributed by atoms with Gasteiger partial charge in [0.05, 0.1) is 16.6 Å². The highest BCUT2D eigenvalue weighted by molar-refractivity contribution is 8.01. The summed E-state index contributed by atoms with van der Waals surface area (Å²) in [5, 5.41) is 10.7. The first-order valence-corrected chi connectivity index (χ1v) is 7.15. The van der Waals surface area contributed by atoms with Gasteiger partial charge in [-0.3, -0.25) is 9.59 Å². The van der Waals surface area contributed by atoms with E-state index in [0.29, 0.717) is 13.2 Å². The highest BCUT2D eigenvalue weighted by Crippen LogP contribution is 2.23. The van der Waals surface area contributed by atoms with Gasteiger partial charge >= 0.3 is 5.97 Å². The van der Waals surface area contributed by atoms with Crippen LogP contribution in [0.1, 0.15) is 0 Å². The average molecular weight is 289 g/mol. The van der Waals surface area contributed by atoms with Gasteiger partial charge in [-0.2, -0.15) is 0 Å². The van der Waals surface area contributed by atoms with E-state index in [1.165, 1.54) is 23.8 Å². The van der Waals surface area contributed by atoms with Crippen molar-refractivity contribution in [1.82, 2.24) is 4.90 Å². The molecule has 0 fully saturated rings. The van der Waals surface area contributed by atoms with Crippen LogP contribution < -0.4 is 0 Å². The van der Waals surface area contributed by atoms with Gasteiger partial charge in [0, 0.05) is 13.7 Å². The first kappa shape index (κ1) is 15.0. The number of aliphatic carboxylic acids is 1. The van der Waals surface area contributed by atoms with E-state index in [9.17, 15) is 9.59 Å². The number of methoxy groups -OCH3 is 1. The molecule has 0 saturated heterocycles. The number of hydrogen-bond donors (Lipinski definition) is 1. The summed E-state index contributed by atoms with van der Waals surface area (Å²) in [5.41, 5.74) is 0. The van der Waals surface area contributed by atoms with Gasteiger partial charge in [-0.15, -0.1) is 23.1 Å². The van der Waals surface area contributed by atoms with Gasteiger partial charge in [0.1, 0.15) is 6.54 Å². The van der Waals surface area contributed by atoms with Crippen molar-refractivity contribution < 1.29 is 19.4 Å². The average Bonchev–Trinajstić information content (AvgIpc) is 2.84. The predicted molar refractivity (Wildman–Crippen MR) is 71.1 cm³/mol. The van der Waals surface area contributed by atoms with Gasteiger partial charge in [-0.05, 0) is 11.4 Å². The van der Waals surface area contributed by atoms with Crippen LogP contribution in [-0.4, -0.2) is 54.4 Å². The Morgan fingerprint density at radius 1 is 1.56 bits per heavy atom. The third kappa shape index (κ3) is 5.52. The number of carboxylic acid groups (broad SMARTS) is 1. The third-order valence-corrected chi connectivity index (χ3v) is 4.19. The van der Waals surface area contributed by atoms with Crippen LogP contribution in [0.15, 0.2) is 21.7 Å². The monoisotopic (exact) mass is 289 g/mol. The fourth-order valence-corrected chi connectivity index (χ4v) is 2.91. The van der Waals surface area contributed by atoms with E-state index in [1.54, 1.807) is 11.3 Å². The predicted octanol–water partition coefficient (Wildman–Crippen LogP) is 1.40. The van der Waals surface area contributed by atoms with Crippen LogP contribution >= 0.6 is 23.1 Å². The van der Waals surface area contributed by atoms with Crippen LogP contribution in [0.4, 0.5) is 0 Å². The van der Waals surface area contributed by atoms with Crippen molar-refractivity contribution in [3.05, 3.63) is 17.5 Å². The van der Waals surface area contributed by atoms with E-state index in [0.717, 1.165) is 4.21 Å². The second kappa shape index (κ2) is 8.12. The summed E-state index contributed by atoms with van der Waals surface area (Å²) >= 11 is 2.98. The molecule has 0 aliphatic rings. The van der Waals surface area contributed by atoms with E-state index in [4.69, 9.17) is 9.84 Å². The zero-order valence-electron chi connectivity index (χ0n) is 10.00. The van der Waals surface area contributed by atoms with Crippen LogP contribution in [0.5, 0.6) is 0 Å². The second-order valence-corrected chi connectivity index (χ2v) is 5.65. The molecule has 1 aromatic heterocycles. The van der Waals surface area contributed by atoms with Gasteiger partial charge in [0.2, 0.25) is 5.91 Å². The van der Waals surface area contributed by atoms with E-state index in [-0.39, 0.29) is 18.2 Å². The molecule has 1 heterocycles. The number of rotatable bonds is 8. The molecule has 0 saturated carbocycles. The van der Waals surface area contributed by atoms with E-state index in [1.807, 2.05) is 17.5 Å². The maximum atomic E-state index is 11.9. The Balaban J connectivity index is 2.44. The molecule has 1 amide bonds. The lowest BCUT2D eigenvalue weighted by Gasteiger charge is -2.19. The summed E-state index contributed by atoms with van der Waals surface area (Å²) in [7, 11) is 1.52. The molecular formula is C11H15NO4S2. The number of nitrogens with zero attached hydrogens (tertiary/aromatic N) is 1. The van der Waals surface area contributed by atoms with Crippen molar-refractivity contribution in [2.45, 2.75) is 4.21 Å². The quantitative estimate of drug-likeness (QED) is 0.733. The summed E-state index contributed by atoms with van der Waals surface area (Å²) < 4.78 is 5.91. The largest absolute Gasteiger partial charge is 0.480 e. The number of carboxylic acids is 1. The summed E-state index contributed by atoms with van der Waals surface area (Å²) in [6, 6.07) is 3.84. The molecule has 1 rings (SSSR count). The summed E-state index contributed by atoms with van der Waals surface area (Å²) in [4.78, 5) is 23.8. The highest BCUT2D eigenvalue weighted by atomic mass is 32.2. The maximum absolute atomic E-state index is 11.9. The minimum Gasteiger partial charge on any atom is -0.480 e. The molecule has 0 bridgehead atoms. The molecule has 0 unspecified atom stereocenters. The Labute approximate surface area is 114 Å². The van der Waals surface area contributed by atoms with Gasteiger partial charge in [-0.25, -0.2) is 0 Å². The Morgan fingerprint density at radius 3 is 2.89 bits per heavy atom. The van der Waals surface area contributed by atoms with Crippen LogP contribution in [0.25, 0.3) is 0 Å². The Hall–Kier alpha value is -1.05. The smallest absolute Gasteiger partial charge is 0.323 e. The van der Waals surface area contributed by atoms with Crippen molar-refractivity contribution in [3.8, 4) is 0 Å². The molecule has 1 aromatic rings. The van der Waals surface area contributed by atoms with Crippen molar-refractivity contribution in [1.29, 1.82) is 0 Å². The van der Waals surface area contributed by atoms with Crippen LogP contribution in [-0.2, 0) is 14.3 Å². The first-order valence-electron chi connectivity index (χ1n) is 5.28. The van der Waals surface area contributed by atoms with Gasteiger partial charge < -0.3 is 14.7 Å². The summed E-state index contributed by atoms with van der Waals surface area (Å²) in [6.45, 7) is 0.350. The fourth-order valence-electron chi connectivity index (χ4n) is 1.23. The molecule has 5 nitrogen and oxygen atoms in total. The molecule has 0 spiro atoms.